The van der Waals surface area contributed by atoms with Gasteiger partial charge in [-0.2, -0.15) is 0 Å². The van der Waals surface area contributed by atoms with E-state index in [1.54, 1.807) is 12.4 Å². The zero-order valence-electron chi connectivity index (χ0n) is 10.6. The molecule has 1 aromatic carbocycles. The van der Waals surface area contributed by atoms with Gasteiger partial charge in [0.2, 0.25) is 5.95 Å². The lowest BCUT2D eigenvalue weighted by Crippen LogP contribution is -2.21. The average molecular weight is 253 g/mol. The monoisotopic (exact) mass is 253 g/mol. The summed E-state index contributed by atoms with van der Waals surface area (Å²) in [7, 11) is 0. The van der Waals surface area contributed by atoms with Gasteiger partial charge in [-0.3, -0.25) is 4.79 Å². The van der Waals surface area contributed by atoms with Crippen molar-refractivity contribution < 1.29 is 4.79 Å². The van der Waals surface area contributed by atoms with E-state index in [2.05, 4.69) is 39.1 Å². The van der Waals surface area contributed by atoms with Gasteiger partial charge in [-0.25, -0.2) is 9.97 Å². The fourth-order valence-electron chi connectivity index (χ4n) is 2.49. The fourth-order valence-corrected chi connectivity index (χ4v) is 2.49. The topological polar surface area (TPSA) is 46.1 Å². The van der Waals surface area contributed by atoms with Crippen LogP contribution in [0.5, 0.6) is 0 Å². The quantitative estimate of drug-likeness (QED) is 0.787. The second kappa shape index (κ2) is 5.18. The largest absolute Gasteiger partial charge is 0.340 e. The molecule has 0 amide bonds. The number of rotatable bonds is 3. The van der Waals surface area contributed by atoms with E-state index in [1.165, 1.54) is 5.56 Å². The molecule has 4 nitrogen and oxygen atoms in total. The van der Waals surface area contributed by atoms with E-state index in [1.807, 2.05) is 6.07 Å². The Hall–Kier alpha value is -2.23. The first kappa shape index (κ1) is 11.8. The molecule has 4 heteroatoms. The molecule has 0 radical (unpaired) electrons. The summed E-state index contributed by atoms with van der Waals surface area (Å²) < 4.78 is 0. The molecule has 1 aromatic heterocycles. The number of benzene rings is 1. The third-order valence-electron chi connectivity index (χ3n) is 3.54. The number of nitrogens with zero attached hydrogens (tertiary/aromatic N) is 3. The van der Waals surface area contributed by atoms with Crippen molar-refractivity contribution in [3.05, 3.63) is 53.9 Å². The fraction of sp³-hybridized carbons (Fsp3) is 0.267. The molecule has 1 unspecified atom stereocenters. The maximum Gasteiger partial charge on any atom is 0.225 e. The minimum absolute atomic E-state index is 0.516. The van der Waals surface area contributed by atoms with Crippen LogP contribution in [0, 0.1) is 0 Å². The maximum absolute atomic E-state index is 10.6. The molecule has 2 heterocycles. The molecule has 0 bridgehead atoms. The van der Waals surface area contributed by atoms with Crippen molar-refractivity contribution in [1.29, 1.82) is 0 Å². The van der Waals surface area contributed by atoms with Crippen LogP contribution in [0.1, 0.15) is 28.3 Å². The van der Waals surface area contributed by atoms with Crippen molar-refractivity contribution >= 4 is 12.2 Å². The summed E-state index contributed by atoms with van der Waals surface area (Å²) in [6, 6.07) is 10.5. The minimum Gasteiger partial charge on any atom is -0.340 e. The number of carbonyl (C=O) groups is 1. The Bertz CT molecular complexity index is 553. The van der Waals surface area contributed by atoms with Crippen LogP contribution >= 0.6 is 0 Å². The standard InChI is InChI=1S/C15H15N3O/c19-11-12-8-16-15(17-9-12)18-7-6-14(10-18)13-4-2-1-3-5-13/h1-5,8-9,11,14H,6-7,10H2. The first-order valence-corrected chi connectivity index (χ1v) is 6.44. The molecule has 96 valence electrons. The lowest BCUT2D eigenvalue weighted by molar-refractivity contribution is 0.112. The summed E-state index contributed by atoms with van der Waals surface area (Å²) >= 11 is 0. The first-order valence-electron chi connectivity index (χ1n) is 6.44. The summed E-state index contributed by atoms with van der Waals surface area (Å²) in [5.74, 6) is 1.25. The summed E-state index contributed by atoms with van der Waals surface area (Å²) in [5, 5.41) is 0. The highest BCUT2D eigenvalue weighted by Crippen LogP contribution is 2.28. The zero-order chi connectivity index (χ0) is 13.1. The molecular weight excluding hydrogens is 238 g/mol. The van der Waals surface area contributed by atoms with Crippen LogP contribution < -0.4 is 4.90 Å². The second-order valence-electron chi connectivity index (χ2n) is 4.78. The van der Waals surface area contributed by atoms with Gasteiger partial charge in [0.05, 0.1) is 5.56 Å². The van der Waals surface area contributed by atoms with Gasteiger partial charge in [0.1, 0.15) is 0 Å². The number of aromatic nitrogens is 2. The third kappa shape index (κ3) is 2.47. The summed E-state index contributed by atoms with van der Waals surface area (Å²) in [6.07, 6.45) is 5.03. The van der Waals surface area contributed by atoms with Crippen molar-refractivity contribution in [2.45, 2.75) is 12.3 Å². The van der Waals surface area contributed by atoms with Gasteiger partial charge in [-0.05, 0) is 12.0 Å². The van der Waals surface area contributed by atoms with Crippen molar-refractivity contribution in [2.75, 3.05) is 18.0 Å². The van der Waals surface area contributed by atoms with Gasteiger partial charge in [0.25, 0.3) is 0 Å². The summed E-state index contributed by atoms with van der Waals surface area (Å²) in [4.78, 5) is 21.2. The molecular formula is C15H15N3O. The lowest BCUT2D eigenvalue weighted by atomic mass is 9.99. The smallest absolute Gasteiger partial charge is 0.225 e. The lowest BCUT2D eigenvalue weighted by Gasteiger charge is -2.16. The zero-order valence-corrected chi connectivity index (χ0v) is 10.6. The molecule has 1 saturated heterocycles. The number of carbonyl (C=O) groups excluding carboxylic acids is 1. The molecule has 1 aliphatic heterocycles. The maximum atomic E-state index is 10.6. The molecule has 1 aliphatic rings. The molecule has 3 rings (SSSR count). The van der Waals surface area contributed by atoms with Gasteiger partial charge < -0.3 is 4.90 Å². The van der Waals surface area contributed by atoms with E-state index < -0.39 is 0 Å². The molecule has 1 atom stereocenters. The molecule has 2 aromatic rings. The summed E-state index contributed by atoms with van der Waals surface area (Å²) in [5.41, 5.74) is 1.89. The van der Waals surface area contributed by atoms with Crippen molar-refractivity contribution in [3.63, 3.8) is 0 Å². The Morgan fingerprint density at radius 1 is 1.16 bits per heavy atom. The van der Waals surface area contributed by atoms with E-state index in [4.69, 9.17) is 0 Å². The SMILES string of the molecule is O=Cc1cnc(N2CCC(c3ccccc3)C2)nc1. The van der Waals surface area contributed by atoms with Crippen molar-refractivity contribution in [3.8, 4) is 0 Å². The average Bonchev–Trinajstić information content (AvgIpc) is 2.98. The Morgan fingerprint density at radius 2 is 1.89 bits per heavy atom. The molecule has 0 aliphatic carbocycles. The van der Waals surface area contributed by atoms with E-state index in [-0.39, 0.29) is 0 Å². The van der Waals surface area contributed by atoms with E-state index in [0.717, 1.165) is 25.8 Å². The molecule has 0 saturated carbocycles. The van der Waals surface area contributed by atoms with E-state index >= 15 is 0 Å². The number of hydrogen-bond donors (Lipinski definition) is 0. The Morgan fingerprint density at radius 3 is 2.58 bits per heavy atom. The van der Waals surface area contributed by atoms with Gasteiger partial charge in [-0.15, -0.1) is 0 Å². The number of aldehydes is 1. The van der Waals surface area contributed by atoms with Crippen LogP contribution in [-0.2, 0) is 0 Å². The van der Waals surface area contributed by atoms with Crippen LogP contribution in [0.4, 0.5) is 5.95 Å². The van der Waals surface area contributed by atoms with Gasteiger partial charge in [0, 0.05) is 31.4 Å². The van der Waals surface area contributed by atoms with Crippen molar-refractivity contribution in [1.82, 2.24) is 9.97 Å². The third-order valence-corrected chi connectivity index (χ3v) is 3.54. The van der Waals surface area contributed by atoms with Crippen LogP contribution in [0.3, 0.4) is 0 Å². The molecule has 0 N–H and O–H groups in total. The number of anilines is 1. The van der Waals surface area contributed by atoms with E-state index in [0.29, 0.717) is 17.4 Å². The minimum atomic E-state index is 0.516. The molecule has 1 fully saturated rings. The normalized spacial score (nSPS) is 18.5. The predicted octanol–water partition coefficient (Wildman–Crippen LogP) is 2.28. The van der Waals surface area contributed by atoms with Gasteiger partial charge in [0.15, 0.2) is 6.29 Å². The molecule has 19 heavy (non-hydrogen) atoms. The van der Waals surface area contributed by atoms with Crippen molar-refractivity contribution in [2.24, 2.45) is 0 Å². The van der Waals surface area contributed by atoms with Gasteiger partial charge in [-0.1, -0.05) is 30.3 Å². The van der Waals surface area contributed by atoms with Crippen LogP contribution in [-0.4, -0.2) is 29.3 Å². The second-order valence-corrected chi connectivity index (χ2v) is 4.78. The number of hydrogen-bond acceptors (Lipinski definition) is 4. The summed E-state index contributed by atoms with van der Waals surface area (Å²) in [6.45, 7) is 1.89. The van der Waals surface area contributed by atoms with Crippen LogP contribution in [0.2, 0.25) is 0 Å². The highest BCUT2D eigenvalue weighted by Gasteiger charge is 2.25. The Labute approximate surface area is 112 Å². The van der Waals surface area contributed by atoms with Gasteiger partial charge >= 0.3 is 0 Å². The van der Waals surface area contributed by atoms with E-state index in [9.17, 15) is 4.79 Å². The van der Waals surface area contributed by atoms with Crippen LogP contribution in [0.25, 0.3) is 0 Å². The predicted molar refractivity (Wildman–Crippen MR) is 73.4 cm³/mol. The highest BCUT2D eigenvalue weighted by atomic mass is 16.1. The molecule has 0 spiro atoms. The Kier molecular flexibility index (Phi) is 3.23. The first-order chi connectivity index (χ1) is 9.36. The Balaban J connectivity index is 1.73. The van der Waals surface area contributed by atoms with Crippen LogP contribution in [0.15, 0.2) is 42.7 Å². The highest BCUT2D eigenvalue weighted by molar-refractivity contribution is 5.73.